The number of benzene rings is 1. The van der Waals surface area contributed by atoms with E-state index in [1.807, 2.05) is 0 Å². The summed E-state index contributed by atoms with van der Waals surface area (Å²) in [7, 11) is 0. The molecule has 1 fully saturated rings. The molecule has 3 heteroatoms. The summed E-state index contributed by atoms with van der Waals surface area (Å²) in [6.45, 7) is 8.84. The summed E-state index contributed by atoms with van der Waals surface area (Å²) in [6.07, 6.45) is 2.39. The average molecular weight is 260 g/mol. The van der Waals surface area contributed by atoms with E-state index in [9.17, 15) is 0 Å². The molecule has 104 valence electrons. The van der Waals surface area contributed by atoms with Crippen molar-refractivity contribution >= 4 is 5.69 Å². The number of anilines is 1. The molecule has 0 spiro atoms. The van der Waals surface area contributed by atoms with Gasteiger partial charge in [-0.05, 0) is 44.9 Å². The van der Waals surface area contributed by atoms with Crippen molar-refractivity contribution in [3.8, 4) is 5.75 Å². The minimum Gasteiger partial charge on any atom is -0.491 e. The number of hydrogen-bond donors (Lipinski definition) is 1. The van der Waals surface area contributed by atoms with Crippen LogP contribution in [0, 0.1) is 5.92 Å². The maximum atomic E-state index is 6.07. The summed E-state index contributed by atoms with van der Waals surface area (Å²) in [5.41, 5.74) is 2.62. The molecule has 0 aromatic heterocycles. The molecule has 3 nitrogen and oxygen atoms in total. The Bertz CT molecular complexity index is 444. The van der Waals surface area contributed by atoms with E-state index < -0.39 is 0 Å². The van der Waals surface area contributed by atoms with Crippen LogP contribution >= 0.6 is 0 Å². The van der Waals surface area contributed by atoms with Crippen molar-refractivity contribution in [1.29, 1.82) is 0 Å². The van der Waals surface area contributed by atoms with Gasteiger partial charge in [-0.2, -0.15) is 0 Å². The second-order valence-electron chi connectivity index (χ2n) is 6.02. The van der Waals surface area contributed by atoms with Gasteiger partial charge in [-0.1, -0.05) is 12.1 Å². The molecule has 1 saturated heterocycles. The van der Waals surface area contributed by atoms with Gasteiger partial charge in [0.2, 0.25) is 0 Å². The van der Waals surface area contributed by atoms with E-state index in [2.05, 4.69) is 42.3 Å². The molecule has 1 aromatic rings. The fourth-order valence-corrected chi connectivity index (χ4v) is 3.10. The lowest BCUT2D eigenvalue weighted by Crippen LogP contribution is -2.29. The highest BCUT2D eigenvalue weighted by Crippen LogP contribution is 2.33. The third kappa shape index (κ3) is 2.71. The van der Waals surface area contributed by atoms with Crippen molar-refractivity contribution in [1.82, 2.24) is 4.90 Å². The van der Waals surface area contributed by atoms with Crippen LogP contribution in [0.3, 0.4) is 0 Å². The van der Waals surface area contributed by atoms with Crippen LogP contribution in [0.4, 0.5) is 5.69 Å². The monoisotopic (exact) mass is 260 g/mol. The number of ether oxygens (including phenoxy) is 1. The molecule has 0 amide bonds. The molecule has 0 aliphatic carbocycles. The maximum absolute atomic E-state index is 6.07. The number of likely N-dealkylation sites (tertiary alicyclic amines) is 1. The third-order valence-corrected chi connectivity index (χ3v) is 4.33. The number of hydrogen-bond acceptors (Lipinski definition) is 3. The van der Waals surface area contributed by atoms with Crippen LogP contribution in [-0.4, -0.2) is 37.2 Å². The van der Waals surface area contributed by atoms with Crippen molar-refractivity contribution in [2.24, 2.45) is 5.92 Å². The zero-order valence-corrected chi connectivity index (χ0v) is 12.0. The fraction of sp³-hybridized carbons (Fsp3) is 0.625. The lowest BCUT2D eigenvalue weighted by atomic mass is 10.1. The predicted molar refractivity (Wildman–Crippen MR) is 78.9 cm³/mol. The quantitative estimate of drug-likeness (QED) is 0.901. The summed E-state index contributed by atoms with van der Waals surface area (Å²) < 4.78 is 6.07. The highest BCUT2D eigenvalue weighted by molar-refractivity contribution is 5.65. The van der Waals surface area contributed by atoms with E-state index in [-0.39, 0.29) is 0 Å². The zero-order chi connectivity index (χ0) is 13.2. The lowest BCUT2D eigenvalue weighted by molar-refractivity contribution is 0.224. The van der Waals surface area contributed by atoms with Gasteiger partial charge in [-0.25, -0.2) is 0 Å². The highest BCUT2D eigenvalue weighted by atomic mass is 16.5. The number of rotatable bonds is 4. The van der Waals surface area contributed by atoms with Crippen LogP contribution in [0.1, 0.15) is 25.8 Å². The Morgan fingerprint density at radius 3 is 3.11 bits per heavy atom. The first-order valence-corrected chi connectivity index (χ1v) is 7.46. The van der Waals surface area contributed by atoms with Crippen molar-refractivity contribution in [3.63, 3.8) is 0 Å². The second kappa shape index (κ2) is 5.41. The van der Waals surface area contributed by atoms with E-state index in [0.717, 1.165) is 25.3 Å². The molecule has 1 unspecified atom stereocenters. The van der Waals surface area contributed by atoms with E-state index in [0.29, 0.717) is 12.0 Å². The van der Waals surface area contributed by atoms with Gasteiger partial charge in [0, 0.05) is 25.0 Å². The van der Waals surface area contributed by atoms with Crippen LogP contribution in [-0.2, 0) is 6.42 Å². The smallest absolute Gasteiger partial charge is 0.142 e. The SMILES string of the molecule is CC(C)N1CCC(COc2cccc3c2NCC3)C1. The van der Waals surface area contributed by atoms with Gasteiger partial charge in [0.1, 0.15) is 5.75 Å². The third-order valence-electron chi connectivity index (χ3n) is 4.33. The van der Waals surface area contributed by atoms with E-state index in [1.54, 1.807) is 0 Å². The topological polar surface area (TPSA) is 24.5 Å². The summed E-state index contributed by atoms with van der Waals surface area (Å²) >= 11 is 0. The molecule has 3 rings (SSSR count). The van der Waals surface area contributed by atoms with Crippen molar-refractivity contribution in [3.05, 3.63) is 23.8 Å². The Balaban J connectivity index is 1.57. The highest BCUT2D eigenvalue weighted by Gasteiger charge is 2.25. The summed E-state index contributed by atoms with van der Waals surface area (Å²) in [4.78, 5) is 2.54. The summed E-state index contributed by atoms with van der Waals surface area (Å²) in [5.74, 6) is 1.72. The van der Waals surface area contributed by atoms with Crippen LogP contribution in [0.25, 0.3) is 0 Å². The first-order chi connectivity index (χ1) is 9.24. The van der Waals surface area contributed by atoms with Crippen LogP contribution in [0.15, 0.2) is 18.2 Å². The Hall–Kier alpha value is -1.22. The van der Waals surface area contributed by atoms with Gasteiger partial charge in [-0.3, -0.25) is 0 Å². The Labute approximate surface area is 115 Å². The average Bonchev–Trinajstić information content (AvgIpc) is 3.05. The number of fused-ring (bicyclic) bond motifs is 1. The van der Waals surface area contributed by atoms with Crippen molar-refractivity contribution in [2.75, 3.05) is 31.6 Å². The van der Waals surface area contributed by atoms with Gasteiger partial charge >= 0.3 is 0 Å². The number of nitrogens with one attached hydrogen (secondary N) is 1. The van der Waals surface area contributed by atoms with Gasteiger partial charge in [0.05, 0.1) is 12.3 Å². The molecule has 1 N–H and O–H groups in total. The molecule has 1 atom stereocenters. The van der Waals surface area contributed by atoms with Crippen LogP contribution in [0.5, 0.6) is 5.75 Å². The molecular formula is C16H24N2O. The molecule has 19 heavy (non-hydrogen) atoms. The van der Waals surface area contributed by atoms with Crippen molar-refractivity contribution in [2.45, 2.75) is 32.7 Å². The molecule has 0 bridgehead atoms. The Kier molecular flexibility index (Phi) is 3.65. The van der Waals surface area contributed by atoms with E-state index in [1.165, 1.54) is 30.8 Å². The fourth-order valence-electron chi connectivity index (χ4n) is 3.10. The largest absolute Gasteiger partial charge is 0.491 e. The van der Waals surface area contributed by atoms with Gasteiger partial charge in [-0.15, -0.1) is 0 Å². The maximum Gasteiger partial charge on any atom is 0.142 e. The number of para-hydroxylation sites is 1. The molecule has 2 aliphatic heterocycles. The Morgan fingerprint density at radius 2 is 2.32 bits per heavy atom. The molecule has 2 heterocycles. The summed E-state index contributed by atoms with van der Waals surface area (Å²) in [5, 5.41) is 3.44. The minimum atomic E-state index is 0.660. The first-order valence-electron chi connectivity index (χ1n) is 7.46. The Morgan fingerprint density at radius 1 is 1.42 bits per heavy atom. The van der Waals surface area contributed by atoms with E-state index >= 15 is 0 Å². The standard InChI is InChI=1S/C16H24N2O/c1-12(2)18-9-7-13(10-18)11-19-15-5-3-4-14-6-8-17-16(14)15/h3-5,12-13,17H,6-11H2,1-2H3. The lowest BCUT2D eigenvalue weighted by Gasteiger charge is -2.20. The summed E-state index contributed by atoms with van der Waals surface area (Å²) in [6, 6.07) is 7.05. The molecule has 2 aliphatic rings. The number of nitrogens with zero attached hydrogens (tertiary/aromatic N) is 1. The van der Waals surface area contributed by atoms with Crippen molar-refractivity contribution < 1.29 is 4.74 Å². The molecule has 1 aromatic carbocycles. The second-order valence-corrected chi connectivity index (χ2v) is 6.02. The minimum absolute atomic E-state index is 0.660. The normalized spacial score (nSPS) is 22.6. The molecule has 0 radical (unpaired) electrons. The van der Waals surface area contributed by atoms with Gasteiger partial charge < -0.3 is 15.0 Å². The molecule has 0 saturated carbocycles. The van der Waals surface area contributed by atoms with Gasteiger partial charge in [0.25, 0.3) is 0 Å². The van der Waals surface area contributed by atoms with Crippen LogP contribution < -0.4 is 10.1 Å². The van der Waals surface area contributed by atoms with E-state index in [4.69, 9.17) is 4.74 Å². The molecular weight excluding hydrogens is 236 g/mol. The first kappa shape index (κ1) is 12.8. The van der Waals surface area contributed by atoms with Crippen LogP contribution in [0.2, 0.25) is 0 Å². The zero-order valence-electron chi connectivity index (χ0n) is 12.0. The predicted octanol–water partition coefficient (Wildman–Crippen LogP) is 2.76. The van der Waals surface area contributed by atoms with Gasteiger partial charge in [0.15, 0.2) is 0 Å².